The van der Waals surface area contributed by atoms with E-state index in [9.17, 15) is 0 Å². The van der Waals surface area contributed by atoms with Crippen molar-refractivity contribution in [2.45, 2.75) is 13.5 Å². The summed E-state index contributed by atoms with van der Waals surface area (Å²) < 4.78 is 2.74. The van der Waals surface area contributed by atoms with E-state index >= 15 is 0 Å². The lowest BCUT2D eigenvalue weighted by Gasteiger charge is -2.02. The molecule has 17 heavy (non-hydrogen) atoms. The van der Waals surface area contributed by atoms with E-state index in [1.54, 1.807) is 11.8 Å². The second kappa shape index (κ2) is 5.39. The number of nitrogens with zero attached hydrogens (tertiary/aromatic N) is 2. The Morgan fingerprint density at radius 2 is 2.47 bits per heavy atom. The van der Waals surface area contributed by atoms with Crippen molar-refractivity contribution in [3.63, 3.8) is 0 Å². The van der Waals surface area contributed by atoms with Crippen molar-refractivity contribution in [2.75, 3.05) is 11.5 Å². The largest absolute Gasteiger partial charge is 0.329 e. The molecule has 2 heterocycles. The summed E-state index contributed by atoms with van der Waals surface area (Å²) in [4.78, 5) is 7.59. The number of aromatic nitrogens is 3. The molecule has 0 aliphatic carbocycles. The normalized spacial score (nSPS) is 10.6. The van der Waals surface area contributed by atoms with E-state index in [0.717, 1.165) is 39.5 Å². The van der Waals surface area contributed by atoms with Gasteiger partial charge in [0.15, 0.2) is 10.4 Å². The van der Waals surface area contributed by atoms with Crippen LogP contribution in [0.3, 0.4) is 0 Å². The van der Waals surface area contributed by atoms with E-state index in [-0.39, 0.29) is 0 Å². The Morgan fingerprint density at radius 1 is 1.65 bits per heavy atom. The summed E-state index contributed by atoms with van der Waals surface area (Å²) in [6, 6.07) is 2.06. The van der Waals surface area contributed by atoms with E-state index in [1.165, 1.54) is 0 Å². The number of thioether (sulfide) groups is 1. The Kier molecular flexibility index (Phi) is 3.87. The van der Waals surface area contributed by atoms with Gasteiger partial charge in [0.25, 0.3) is 0 Å². The monoisotopic (exact) mass is 263 g/mol. The third-order valence-corrected chi connectivity index (χ3v) is 3.55. The lowest BCUT2D eigenvalue weighted by Crippen LogP contribution is -2.01. The number of fused-ring (bicyclic) bond motifs is 1. The molecule has 0 aliphatic heterocycles. The van der Waals surface area contributed by atoms with Crippen LogP contribution in [-0.4, -0.2) is 26.0 Å². The highest BCUT2D eigenvalue weighted by atomic mass is 32.2. The standard InChI is InChI=1S/C12H13N3S2/c1-3-5-17-6-4-15-11-10(14-12(15)16)7-9(2)8-13-11/h1,7-8H,4-6H2,2H3,(H,14,16). The molecule has 5 heteroatoms. The smallest absolute Gasteiger partial charge is 0.179 e. The van der Waals surface area contributed by atoms with Crippen molar-refractivity contribution in [1.82, 2.24) is 14.5 Å². The minimum atomic E-state index is 0.722. The predicted octanol–water partition coefficient (Wildman–Crippen LogP) is 2.77. The summed E-state index contributed by atoms with van der Waals surface area (Å²) in [6.45, 7) is 2.85. The van der Waals surface area contributed by atoms with Crippen molar-refractivity contribution in [1.29, 1.82) is 0 Å². The molecular weight excluding hydrogens is 250 g/mol. The molecule has 3 nitrogen and oxygen atoms in total. The zero-order valence-corrected chi connectivity index (χ0v) is 11.2. The van der Waals surface area contributed by atoms with Crippen LogP contribution in [-0.2, 0) is 6.54 Å². The number of nitrogens with one attached hydrogen (secondary N) is 1. The Hall–Kier alpha value is -1.25. The molecule has 1 N–H and O–H groups in total. The molecule has 0 saturated heterocycles. The molecule has 0 unspecified atom stereocenters. The third kappa shape index (κ3) is 2.71. The zero-order valence-electron chi connectivity index (χ0n) is 9.56. The van der Waals surface area contributed by atoms with E-state index in [4.69, 9.17) is 18.6 Å². The first-order chi connectivity index (χ1) is 8.22. The molecule has 0 aliphatic rings. The van der Waals surface area contributed by atoms with Crippen LogP contribution in [0, 0.1) is 24.0 Å². The van der Waals surface area contributed by atoms with Crippen LogP contribution in [0.15, 0.2) is 12.3 Å². The molecule has 0 amide bonds. The van der Waals surface area contributed by atoms with Crippen LogP contribution in [0.25, 0.3) is 11.2 Å². The number of imidazole rings is 1. The lowest BCUT2D eigenvalue weighted by molar-refractivity contribution is 0.775. The highest BCUT2D eigenvalue weighted by molar-refractivity contribution is 7.99. The number of aromatic amines is 1. The van der Waals surface area contributed by atoms with Gasteiger partial charge in [0.2, 0.25) is 0 Å². The third-order valence-electron chi connectivity index (χ3n) is 2.39. The van der Waals surface area contributed by atoms with Crippen LogP contribution in [0.5, 0.6) is 0 Å². The van der Waals surface area contributed by atoms with Crippen molar-refractivity contribution < 1.29 is 0 Å². The van der Waals surface area contributed by atoms with E-state index in [2.05, 4.69) is 22.0 Å². The number of hydrogen-bond acceptors (Lipinski definition) is 3. The molecule has 88 valence electrons. The molecule has 0 aromatic carbocycles. The molecule has 2 aromatic heterocycles. The van der Waals surface area contributed by atoms with E-state index in [1.807, 2.05) is 17.7 Å². The molecule has 0 fully saturated rings. The molecule has 0 saturated carbocycles. The Labute approximate surface area is 110 Å². The van der Waals surface area contributed by atoms with Gasteiger partial charge in [0, 0.05) is 18.5 Å². The van der Waals surface area contributed by atoms with Crippen molar-refractivity contribution >= 4 is 35.1 Å². The summed E-state index contributed by atoms with van der Waals surface area (Å²) in [5.41, 5.74) is 3.04. The molecule has 2 aromatic rings. The minimum Gasteiger partial charge on any atom is -0.329 e. The first kappa shape index (κ1) is 12.2. The van der Waals surface area contributed by atoms with Gasteiger partial charge in [-0.1, -0.05) is 5.92 Å². The Morgan fingerprint density at radius 3 is 3.24 bits per heavy atom. The fraction of sp³-hybridized carbons (Fsp3) is 0.333. The maximum Gasteiger partial charge on any atom is 0.179 e. The lowest BCUT2D eigenvalue weighted by atomic mass is 10.3. The number of terminal acetylenes is 1. The van der Waals surface area contributed by atoms with Crippen LogP contribution in [0.4, 0.5) is 0 Å². The number of H-pyrrole nitrogens is 1. The maximum absolute atomic E-state index is 5.29. The quantitative estimate of drug-likeness (QED) is 0.523. The SMILES string of the molecule is C#CCSCCn1c(=S)[nH]c2cc(C)cnc21. The molecule has 0 spiro atoms. The first-order valence-electron chi connectivity index (χ1n) is 5.28. The minimum absolute atomic E-state index is 0.722. The van der Waals surface area contributed by atoms with Gasteiger partial charge in [-0.15, -0.1) is 18.2 Å². The van der Waals surface area contributed by atoms with Gasteiger partial charge in [0.1, 0.15) is 0 Å². The molecule has 0 radical (unpaired) electrons. The molecule has 0 bridgehead atoms. The molecule has 2 rings (SSSR count). The number of pyridine rings is 1. The van der Waals surface area contributed by atoms with Crippen LogP contribution >= 0.6 is 24.0 Å². The summed E-state index contributed by atoms with van der Waals surface area (Å²) >= 11 is 7.02. The first-order valence-corrected chi connectivity index (χ1v) is 6.85. The summed E-state index contributed by atoms with van der Waals surface area (Å²) in [5, 5.41) is 0. The summed E-state index contributed by atoms with van der Waals surface area (Å²) in [7, 11) is 0. The van der Waals surface area contributed by atoms with Crippen LogP contribution in [0.1, 0.15) is 5.56 Å². The zero-order chi connectivity index (χ0) is 12.3. The van der Waals surface area contributed by atoms with Crippen LogP contribution < -0.4 is 0 Å². The van der Waals surface area contributed by atoms with Crippen LogP contribution in [0.2, 0.25) is 0 Å². The summed E-state index contributed by atoms with van der Waals surface area (Å²) in [5.74, 6) is 4.30. The highest BCUT2D eigenvalue weighted by Crippen LogP contribution is 2.13. The number of hydrogen-bond donors (Lipinski definition) is 1. The topological polar surface area (TPSA) is 33.6 Å². The second-order valence-electron chi connectivity index (χ2n) is 3.72. The highest BCUT2D eigenvalue weighted by Gasteiger charge is 2.05. The van der Waals surface area contributed by atoms with Crippen molar-refractivity contribution in [3.05, 3.63) is 22.6 Å². The summed E-state index contributed by atoms with van der Waals surface area (Å²) in [6.07, 6.45) is 7.07. The van der Waals surface area contributed by atoms with Gasteiger partial charge in [-0.25, -0.2) is 4.98 Å². The van der Waals surface area contributed by atoms with E-state index < -0.39 is 0 Å². The fourth-order valence-electron chi connectivity index (χ4n) is 1.64. The van der Waals surface area contributed by atoms with E-state index in [0.29, 0.717) is 0 Å². The van der Waals surface area contributed by atoms with Gasteiger partial charge in [-0.3, -0.25) is 0 Å². The Bertz CT molecular complexity index is 619. The van der Waals surface area contributed by atoms with Crippen molar-refractivity contribution in [3.8, 4) is 12.3 Å². The Balaban J connectivity index is 2.25. The van der Waals surface area contributed by atoms with Gasteiger partial charge in [-0.2, -0.15) is 0 Å². The molecular formula is C12H13N3S2. The van der Waals surface area contributed by atoms with Gasteiger partial charge >= 0.3 is 0 Å². The average molecular weight is 263 g/mol. The second-order valence-corrected chi connectivity index (χ2v) is 5.21. The maximum atomic E-state index is 5.29. The average Bonchev–Trinajstić information content (AvgIpc) is 2.60. The number of aryl methyl sites for hydroxylation is 2. The fourth-order valence-corrected chi connectivity index (χ4v) is 2.50. The number of rotatable bonds is 4. The predicted molar refractivity (Wildman–Crippen MR) is 75.8 cm³/mol. The van der Waals surface area contributed by atoms with Crippen molar-refractivity contribution in [2.24, 2.45) is 0 Å². The molecule has 0 atom stereocenters. The van der Waals surface area contributed by atoms with Gasteiger partial charge < -0.3 is 9.55 Å². The van der Waals surface area contributed by atoms with Gasteiger partial charge in [-0.05, 0) is 30.8 Å². The van der Waals surface area contributed by atoms with Gasteiger partial charge in [0.05, 0.1) is 11.3 Å².